The predicted molar refractivity (Wildman–Crippen MR) is 76.4 cm³/mol. The highest BCUT2D eigenvalue weighted by Gasteiger charge is 2.07. The van der Waals surface area contributed by atoms with Gasteiger partial charge in [-0.3, -0.25) is 0 Å². The number of allylic oxidation sites excluding steroid dienone is 3. The van der Waals surface area contributed by atoms with Gasteiger partial charge in [0.2, 0.25) is 0 Å². The Bertz CT molecular complexity index is 366. The molecule has 0 N–H and O–H groups in total. The van der Waals surface area contributed by atoms with E-state index in [0.717, 1.165) is 6.42 Å². The molecule has 0 saturated heterocycles. The lowest BCUT2D eigenvalue weighted by molar-refractivity contribution is 1.19. The Kier molecular flexibility index (Phi) is 4.75. The van der Waals surface area contributed by atoms with E-state index in [2.05, 4.69) is 74.7 Å². The molecule has 1 aromatic rings. The molecule has 1 aromatic carbocycles. The Hall–Kier alpha value is -1.08. The average Bonchev–Trinajstić information content (AvgIpc) is 2.24. The summed E-state index contributed by atoms with van der Waals surface area (Å²) < 4.78 is 0. The monoisotopic (exact) mass is 230 g/mol. The molecule has 1 rings (SSSR count). The van der Waals surface area contributed by atoms with Crippen LogP contribution >= 0.6 is 0 Å². The zero-order valence-electron chi connectivity index (χ0n) is 10.8. The first-order valence-electron chi connectivity index (χ1n) is 5.89. The number of benzene rings is 1. The fourth-order valence-electron chi connectivity index (χ4n) is 1.45. The molecule has 0 radical (unpaired) electrons. The van der Waals surface area contributed by atoms with Crippen molar-refractivity contribution in [3.63, 3.8) is 0 Å². The first-order valence-corrected chi connectivity index (χ1v) is 9.47. The molecule has 86 valence electrons. The molecule has 0 fully saturated rings. The van der Waals surface area contributed by atoms with Gasteiger partial charge in [-0.25, -0.2) is 0 Å². The van der Waals surface area contributed by atoms with E-state index in [0.29, 0.717) is 0 Å². The molecule has 1 heteroatoms. The molecule has 0 aliphatic carbocycles. The summed E-state index contributed by atoms with van der Waals surface area (Å²) in [7, 11) is -1.07. The summed E-state index contributed by atoms with van der Waals surface area (Å²) in [5.74, 6) is 0. The summed E-state index contributed by atoms with van der Waals surface area (Å²) >= 11 is 0. The summed E-state index contributed by atoms with van der Waals surface area (Å²) in [6.07, 6.45) is 5.56. The van der Waals surface area contributed by atoms with Crippen LogP contribution in [0.15, 0.2) is 53.8 Å². The van der Waals surface area contributed by atoms with Gasteiger partial charge in [-0.05, 0) is 24.5 Å². The Labute approximate surface area is 101 Å². The highest BCUT2D eigenvalue weighted by Crippen LogP contribution is 2.11. The van der Waals surface area contributed by atoms with E-state index in [1.807, 2.05) is 0 Å². The van der Waals surface area contributed by atoms with E-state index < -0.39 is 8.07 Å². The van der Waals surface area contributed by atoms with E-state index in [1.54, 1.807) is 0 Å². The van der Waals surface area contributed by atoms with Crippen LogP contribution in [0.5, 0.6) is 0 Å². The van der Waals surface area contributed by atoms with Gasteiger partial charge in [-0.1, -0.05) is 67.8 Å². The van der Waals surface area contributed by atoms with Crippen LogP contribution in [-0.2, 0) is 6.42 Å². The molecule has 0 aromatic heterocycles. The van der Waals surface area contributed by atoms with E-state index in [4.69, 9.17) is 0 Å². The van der Waals surface area contributed by atoms with Gasteiger partial charge in [0.05, 0.1) is 8.07 Å². The normalized spacial score (nSPS) is 13.4. The van der Waals surface area contributed by atoms with Crippen LogP contribution in [0.1, 0.15) is 12.5 Å². The molecule has 0 heterocycles. The van der Waals surface area contributed by atoms with Crippen LogP contribution in [0.25, 0.3) is 0 Å². The second-order valence-electron chi connectivity index (χ2n) is 5.23. The Morgan fingerprint density at radius 3 is 2.25 bits per heavy atom. The zero-order chi connectivity index (χ0) is 12.0. The quantitative estimate of drug-likeness (QED) is 0.523. The molecule has 0 amide bonds. The summed E-state index contributed by atoms with van der Waals surface area (Å²) in [6, 6.07) is 10.6. The molecule has 0 nitrogen and oxygen atoms in total. The second kappa shape index (κ2) is 5.85. The lowest BCUT2D eigenvalue weighted by atomic mass is 10.1. The van der Waals surface area contributed by atoms with Gasteiger partial charge in [0.1, 0.15) is 0 Å². The Balaban J connectivity index is 2.68. The molecule has 0 saturated carbocycles. The van der Waals surface area contributed by atoms with Crippen LogP contribution in [0.3, 0.4) is 0 Å². The maximum Gasteiger partial charge on any atom is 0.0687 e. The van der Waals surface area contributed by atoms with Gasteiger partial charge in [0.25, 0.3) is 0 Å². The standard InChI is InChI=1S/C15H22Si/c1-5-14(11-12-16(2,3)4)13-15-9-7-6-8-10-15/h5-12H,13H2,1-4H3/b12-11+,14-5-. The van der Waals surface area contributed by atoms with Crippen LogP contribution in [0.4, 0.5) is 0 Å². The molecule has 0 atom stereocenters. The minimum absolute atomic E-state index is 1.04. The summed E-state index contributed by atoms with van der Waals surface area (Å²) in [5.41, 5.74) is 5.20. The molecule has 0 aliphatic heterocycles. The summed E-state index contributed by atoms with van der Waals surface area (Å²) in [4.78, 5) is 0. The van der Waals surface area contributed by atoms with E-state index in [9.17, 15) is 0 Å². The Morgan fingerprint density at radius 1 is 1.12 bits per heavy atom. The van der Waals surface area contributed by atoms with Crippen molar-refractivity contribution in [1.82, 2.24) is 0 Å². The largest absolute Gasteiger partial charge is 0.0947 e. The number of rotatable bonds is 4. The first-order chi connectivity index (χ1) is 7.51. The average molecular weight is 230 g/mol. The summed E-state index contributed by atoms with van der Waals surface area (Å²) in [5, 5.41) is 0. The molecule has 0 unspecified atom stereocenters. The molecule has 16 heavy (non-hydrogen) atoms. The van der Waals surface area contributed by atoms with Gasteiger partial charge < -0.3 is 0 Å². The van der Waals surface area contributed by atoms with Crippen LogP contribution in [0, 0.1) is 0 Å². The van der Waals surface area contributed by atoms with E-state index in [-0.39, 0.29) is 0 Å². The topological polar surface area (TPSA) is 0 Å². The van der Waals surface area contributed by atoms with Crippen molar-refractivity contribution in [2.45, 2.75) is 33.0 Å². The highest BCUT2D eigenvalue weighted by molar-refractivity contribution is 6.81. The van der Waals surface area contributed by atoms with Crippen LogP contribution < -0.4 is 0 Å². The zero-order valence-corrected chi connectivity index (χ0v) is 11.8. The molecule has 0 bridgehead atoms. The summed E-state index contributed by atoms with van der Waals surface area (Å²) in [6.45, 7) is 9.20. The third kappa shape index (κ3) is 5.13. The lowest BCUT2D eigenvalue weighted by Crippen LogP contribution is -2.15. The predicted octanol–water partition coefficient (Wildman–Crippen LogP) is 4.61. The maximum atomic E-state index is 2.41. The van der Waals surface area contributed by atoms with Gasteiger partial charge >= 0.3 is 0 Å². The third-order valence-corrected chi connectivity index (χ3v) is 3.59. The lowest BCUT2D eigenvalue weighted by Gasteiger charge is -2.09. The van der Waals surface area contributed by atoms with Gasteiger partial charge in [-0.2, -0.15) is 0 Å². The highest BCUT2D eigenvalue weighted by atomic mass is 28.3. The fraction of sp³-hybridized carbons (Fsp3) is 0.333. The van der Waals surface area contributed by atoms with Crippen molar-refractivity contribution in [1.29, 1.82) is 0 Å². The third-order valence-electron chi connectivity index (χ3n) is 2.42. The second-order valence-corrected chi connectivity index (χ2v) is 10.3. The minimum Gasteiger partial charge on any atom is -0.0947 e. The van der Waals surface area contributed by atoms with Gasteiger partial charge in [-0.15, -0.1) is 0 Å². The van der Waals surface area contributed by atoms with E-state index in [1.165, 1.54) is 11.1 Å². The molecular weight excluding hydrogens is 208 g/mol. The van der Waals surface area contributed by atoms with Crippen molar-refractivity contribution in [2.75, 3.05) is 0 Å². The maximum absolute atomic E-state index is 2.41. The number of hydrogen-bond donors (Lipinski definition) is 0. The van der Waals surface area contributed by atoms with Gasteiger partial charge in [0, 0.05) is 0 Å². The Morgan fingerprint density at radius 2 is 1.75 bits per heavy atom. The van der Waals surface area contributed by atoms with Crippen LogP contribution in [-0.4, -0.2) is 8.07 Å². The smallest absolute Gasteiger partial charge is 0.0687 e. The first kappa shape index (κ1) is 13.0. The van der Waals surface area contributed by atoms with Crippen LogP contribution in [0.2, 0.25) is 19.6 Å². The van der Waals surface area contributed by atoms with Crippen molar-refractivity contribution >= 4 is 8.07 Å². The van der Waals surface area contributed by atoms with Crippen molar-refractivity contribution in [2.24, 2.45) is 0 Å². The molecule has 0 aliphatic rings. The number of hydrogen-bond acceptors (Lipinski definition) is 0. The fourth-order valence-corrected chi connectivity index (χ4v) is 2.16. The van der Waals surface area contributed by atoms with Crippen molar-refractivity contribution in [3.05, 3.63) is 59.3 Å². The van der Waals surface area contributed by atoms with E-state index >= 15 is 0 Å². The minimum atomic E-state index is -1.07. The van der Waals surface area contributed by atoms with Crippen molar-refractivity contribution in [3.8, 4) is 0 Å². The molecule has 0 spiro atoms. The van der Waals surface area contributed by atoms with Crippen molar-refractivity contribution < 1.29 is 0 Å². The SMILES string of the molecule is C/C=C(/C=C/[Si](C)(C)C)Cc1ccccc1. The van der Waals surface area contributed by atoms with Gasteiger partial charge in [0.15, 0.2) is 0 Å². The molecular formula is C15H22Si.